The molecular weight excluding hydrogens is 176 g/mol. The Morgan fingerprint density at radius 3 is 2.31 bits per heavy atom. The van der Waals surface area contributed by atoms with Crippen molar-refractivity contribution in [1.29, 1.82) is 0 Å². The standard InChI is InChI=1S/C11H20OSi/c1-5-6-10-7-8-11(12-10)9-13(2,3)4/h7-8H,5-6,9H2,1-4H3. The van der Waals surface area contributed by atoms with Crippen LogP contribution < -0.4 is 0 Å². The fourth-order valence-electron chi connectivity index (χ4n) is 1.42. The summed E-state index contributed by atoms with van der Waals surface area (Å²) in [7, 11) is -1.00. The third-order valence-electron chi connectivity index (χ3n) is 1.92. The number of furan rings is 1. The molecule has 0 saturated carbocycles. The van der Waals surface area contributed by atoms with Gasteiger partial charge in [-0.2, -0.15) is 0 Å². The molecule has 0 atom stereocenters. The molecule has 0 aliphatic carbocycles. The fourth-order valence-corrected chi connectivity index (χ4v) is 2.66. The molecule has 0 saturated heterocycles. The maximum absolute atomic E-state index is 5.73. The van der Waals surface area contributed by atoms with E-state index >= 15 is 0 Å². The summed E-state index contributed by atoms with van der Waals surface area (Å²) < 4.78 is 5.73. The Labute approximate surface area is 82.2 Å². The number of hydrogen-bond donors (Lipinski definition) is 0. The van der Waals surface area contributed by atoms with Crippen LogP contribution in [-0.2, 0) is 12.5 Å². The van der Waals surface area contributed by atoms with Crippen molar-refractivity contribution in [2.24, 2.45) is 0 Å². The van der Waals surface area contributed by atoms with Gasteiger partial charge in [0.05, 0.1) is 8.07 Å². The fraction of sp³-hybridized carbons (Fsp3) is 0.636. The van der Waals surface area contributed by atoms with Gasteiger partial charge < -0.3 is 4.42 Å². The van der Waals surface area contributed by atoms with Crippen LogP contribution in [0, 0.1) is 0 Å². The van der Waals surface area contributed by atoms with Gasteiger partial charge in [0.2, 0.25) is 0 Å². The van der Waals surface area contributed by atoms with E-state index in [4.69, 9.17) is 4.42 Å². The Kier molecular flexibility index (Phi) is 3.37. The lowest BCUT2D eigenvalue weighted by atomic mass is 10.3. The molecule has 0 bridgehead atoms. The van der Waals surface area contributed by atoms with Gasteiger partial charge in [0.1, 0.15) is 11.5 Å². The third kappa shape index (κ3) is 3.81. The zero-order chi connectivity index (χ0) is 9.90. The van der Waals surface area contributed by atoms with Gasteiger partial charge in [-0.15, -0.1) is 0 Å². The van der Waals surface area contributed by atoms with Crippen LogP contribution in [0.1, 0.15) is 24.9 Å². The van der Waals surface area contributed by atoms with Gasteiger partial charge in [0.25, 0.3) is 0 Å². The summed E-state index contributed by atoms with van der Waals surface area (Å²) in [6.07, 6.45) is 2.24. The summed E-state index contributed by atoms with van der Waals surface area (Å²) in [6, 6.07) is 5.43. The molecule has 0 aliphatic rings. The minimum Gasteiger partial charge on any atom is -0.466 e. The lowest BCUT2D eigenvalue weighted by molar-refractivity contribution is 0.475. The Balaban J connectivity index is 2.59. The van der Waals surface area contributed by atoms with Gasteiger partial charge in [-0.25, -0.2) is 0 Å². The van der Waals surface area contributed by atoms with Crippen molar-refractivity contribution in [2.45, 2.75) is 45.5 Å². The minimum absolute atomic E-state index is 1.00. The molecule has 1 nitrogen and oxygen atoms in total. The maximum atomic E-state index is 5.73. The molecule has 0 N–H and O–H groups in total. The summed E-state index contributed by atoms with van der Waals surface area (Å²) in [5, 5.41) is 0. The maximum Gasteiger partial charge on any atom is 0.104 e. The second kappa shape index (κ2) is 4.14. The topological polar surface area (TPSA) is 13.1 Å². The van der Waals surface area contributed by atoms with E-state index in [9.17, 15) is 0 Å². The van der Waals surface area contributed by atoms with Crippen molar-refractivity contribution in [3.8, 4) is 0 Å². The third-order valence-corrected chi connectivity index (χ3v) is 3.33. The number of hydrogen-bond acceptors (Lipinski definition) is 1. The van der Waals surface area contributed by atoms with Crippen molar-refractivity contribution in [3.05, 3.63) is 23.7 Å². The molecule has 0 unspecified atom stereocenters. The molecule has 13 heavy (non-hydrogen) atoms. The van der Waals surface area contributed by atoms with Crippen LogP contribution in [0.25, 0.3) is 0 Å². The Bertz CT molecular complexity index is 257. The van der Waals surface area contributed by atoms with Crippen LogP contribution >= 0.6 is 0 Å². The molecule has 1 aromatic rings. The largest absolute Gasteiger partial charge is 0.466 e. The molecule has 0 radical (unpaired) electrons. The van der Waals surface area contributed by atoms with E-state index in [0.29, 0.717) is 0 Å². The van der Waals surface area contributed by atoms with Gasteiger partial charge in [-0.1, -0.05) is 26.6 Å². The second-order valence-electron chi connectivity index (χ2n) is 4.86. The van der Waals surface area contributed by atoms with Gasteiger partial charge in [-0.05, 0) is 18.6 Å². The van der Waals surface area contributed by atoms with Crippen molar-refractivity contribution >= 4 is 8.07 Å². The number of aryl methyl sites for hydroxylation is 1. The van der Waals surface area contributed by atoms with E-state index in [1.165, 1.54) is 12.2 Å². The molecule has 0 aliphatic heterocycles. The molecule has 1 heterocycles. The summed E-state index contributed by atoms with van der Waals surface area (Å²) in [5.74, 6) is 2.33. The van der Waals surface area contributed by atoms with Crippen molar-refractivity contribution in [3.63, 3.8) is 0 Å². The highest BCUT2D eigenvalue weighted by molar-refractivity contribution is 6.75. The first-order valence-electron chi connectivity index (χ1n) is 5.09. The van der Waals surface area contributed by atoms with Gasteiger partial charge in [-0.3, -0.25) is 0 Å². The van der Waals surface area contributed by atoms with Crippen LogP contribution in [0.2, 0.25) is 19.6 Å². The molecule has 1 rings (SSSR count). The minimum atomic E-state index is -1.00. The molecule has 0 spiro atoms. The van der Waals surface area contributed by atoms with Gasteiger partial charge >= 0.3 is 0 Å². The Morgan fingerprint density at radius 2 is 1.77 bits per heavy atom. The highest BCUT2D eigenvalue weighted by atomic mass is 28.3. The number of rotatable bonds is 4. The van der Waals surface area contributed by atoms with E-state index < -0.39 is 8.07 Å². The zero-order valence-electron chi connectivity index (χ0n) is 9.18. The predicted molar refractivity (Wildman–Crippen MR) is 59.8 cm³/mol. The summed E-state index contributed by atoms with van der Waals surface area (Å²) in [6.45, 7) is 9.29. The molecule has 0 amide bonds. The van der Waals surface area contributed by atoms with Crippen LogP contribution in [0.5, 0.6) is 0 Å². The van der Waals surface area contributed by atoms with Crippen LogP contribution in [-0.4, -0.2) is 8.07 Å². The highest BCUT2D eigenvalue weighted by Crippen LogP contribution is 2.15. The van der Waals surface area contributed by atoms with Crippen LogP contribution in [0.3, 0.4) is 0 Å². The molecule has 0 fully saturated rings. The van der Waals surface area contributed by atoms with Gasteiger partial charge in [0.15, 0.2) is 0 Å². The van der Waals surface area contributed by atoms with E-state index in [2.05, 4.69) is 38.7 Å². The molecule has 0 aromatic carbocycles. The highest BCUT2D eigenvalue weighted by Gasteiger charge is 2.15. The second-order valence-corrected chi connectivity index (χ2v) is 10.3. The first kappa shape index (κ1) is 10.6. The van der Waals surface area contributed by atoms with E-state index in [1.807, 2.05) is 0 Å². The van der Waals surface area contributed by atoms with Crippen molar-refractivity contribution in [1.82, 2.24) is 0 Å². The van der Waals surface area contributed by atoms with Crippen molar-refractivity contribution in [2.75, 3.05) is 0 Å². The molecule has 1 aromatic heterocycles. The summed E-state index contributed by atoms with van der Waals surface area (Å²) in [5.41, 5.74) is 0. The van der Waals surface area contributed by atoms with Crippen molar-refractivity contribution < 1.29 is 4.42 Å². The van der Waals surface area contributed by atoms with E-state index in [-0.39, 0.29) is 0 Å². The average Bonchev–Trinajstić information content (AvgIpc) is 2.33. The Hall–Kier alpha value is -0.503. The summed E-state index contributed by atoms with van der Waals surface area (Å²) in [4.78, 5) is 0. The quantitative estimate of drug-likeness (QED) is 0.670. The van der Waals surface area contributed by atoms with Crippen LogP contribution in [0.4, 0.5) is 0 Å². The lowest BCUT2D eigenvalue weighted by Gasteiger charge is -2.12. The monoisotopic (exact) mass is 196 g/mol. The lowest BCUT2D eigenvalue weighted by Crippen LogP contribution is -2.23. The molecule has 74 valence electrons. The normalized spacial score (nSPS) is 12.0. The SMILES string of the molecule is CCCc1ccc(C[Si](C)(C)C)o1. The first-order chi connectivity index (χ1) is 6.01. The average molecular weight is 196 g/mol. The smallest absolute Gasteiger partial charge is 0.104 e. The first-order valence-corrected chi connectivity index (χ1v) is 8.79. The van der Waals surface area contributed by atoms with E-state index in [0.717, 1.165) is 18.2 Å². The zero-order valence-corrected chi connectivity index (χ0v) is 10.2. The van der Waals surface area contributed by atoms with Gasteiger partial charge in [0, 0.05) is 12.5 Å². The van der Waals surface area contributed by atoms with E-state index in [1.54, 1.807) is 0 Å². The molecular formula is C11H20OSi. The predicted octanol–water partition coefficient (Wildman–Crippen LogP) is 3.65. The van der Waals surface area contributed by atoms with Crippen LogP contribution in [0.15, 0.2) is 16.5 Å². The summed E-state index contributed by atoms with van der Waals surface area (Å²) >= 11 is 0. The molecule has 2 heteroatoms. The Morgan fingerprint density at radius 1 is 1.15 bits per heavy atom.